The van der Waals surface area contributed by atoms with Crippen LogP contribution in [0, 0.1) is 0 Å². The summed E-state index contributed by atoms with van der Waals surface area (Å²) in [6, 6.07) is 20.3. The quantitative estimate of drug-likeness (QED) is 0.146. The van der Waals surface area contributed by atoms with E-state index in [9.17, 15) is 8.42 Å². The van der Waals surface area contributed by atoms with Crippen molar-refractivity contribution in [2.24, 2.45) is 7.05 Å². The normalized spacial score (nSPS) is 11.2. The minimum atomic E-state index is -3.67. The second-order valence-corrected chi connectivity index (χ2v) is 10.8. The molecule has 0 saturated carbocycles. The first-order valence-electron chi connectivity index (χ1n) is 12.8. The van der Waals surface area contributed by atoms with Crippen molar-refractivity contribution < 1.29 is 41.2 Å². The number of fused-ring (bicyclic) bond motifs is 5. The van der Waals surface area contributed by atoms with E-state index in [1.54, 1.807) is 21.3 Å². The highest BCUT2D eigenvalue weighted by Crippen LogP contribution is 2.43. The van der Waals surface area contributed by atoms with E-state index in [1.807, 2.05) is 56.4 Å². The third-order valence-electron chi connectivity index (χ3n) is 6.42. The zero-order valence-corrected chi connectivity index (χ0v) is 24.7. The van der Waals surface area contributed by atoms with Gasteiger partial charge in [0.15, 0.2) is 29.2 Å². The molecule has 0 unspecified atom stereocenters. The number of methoxy groups -OCH3 is 3. The molecule has 0 aliphatic rings. The van der Waals surface area contributed by atoms with Crippen LogP contribution in [0.1, 0.15) is 12.5 Å². The van der Waals surface area contributed by atoms with Crippen LogP contribution < -0.4 is 28.3 Å². The first-order valence-corrected chi connectivity index (χ1v) is 14.7. The number of hydrogen-bond acceptors (Lipinski definition) is 7. The van der Waals surface area contributed by atoms with Crippen LogP contribution in [0.5, 0.6) is 28.7 Å². The number of aromatic nitrogens is 1. The average molecular weight is 581 g/mol. The summed E-state index contributed by atoms with van der Waals surface area (Å²) in [4.78, 5) is 0. The lowest BCUT2D eigenvalue weighted by molar-refractivity contribution is -0.642. The van der Waals surface area contributed by atoms with E-state index in [0.717, 1.165) is 43.8 Å². The Balaban J connectivity index is 0.000000714. The molecule has 0 amide bonds. The van der Waals surface area contributed by atoms with E-state index >= 15 is 0 Å². The number of aryl methyl sites for hydroxylation is 1. The van der Waals surface area contributed by atoms with E-state index < -0.39 is 10.1 Å². The maximum Gasteiger partial charge on any atom is 0.261 e. The summed E-state index contributed by atoms with van der Waals surface area (Å²) in [5, 5.41) is 5.08. The van der Waals surface area contributed by atoms with E-state index in [4.69, 9.17) is 28.2 Å². The van der Waals surface area contributed by atoms with Crippen molar-refractivity contribution in [2.45, 2.75) is 13.5 Å². The van der Waals surface area contributed by atoms with Crippen molar-refractivity contribution in [2.75, 3.05) is 34.2 Å². The van der Waals surface area contributed by atoms with E-state index in [-0.39, 0.29) is 0 Å². The van der Waals surface area contributed by atoms with Gasteiger partial charge in [0.1, 0.15) is 19.4 Å². The molecule has 0 fully saturated rings. The van der Waals surface area contributed by atoms with Gasteiger partial charge in [0.25, 0.3) is 10.1 Å². The minimum Gasteiger partial charge on any atom is -0.493 e. The molecule has 0 radical (unpaired) electrons. The number of nitrogens with zero attached hydrogens (tertiary/aromatic N) is 1. The lowest BCUT2D eigenvalue weighted by Gasteiger charge is -2.16. The number of ether oxygens (including phenoxy) is 5. The highest BCUT2D eigenvalue weighted by molar-refractivity contribution is 7.85. The molecule has 0 aliphatic heterocycles. The van der Waals surface area contributed by atoms with Crippen LogP contribution in [0.25, 0.3) is 32.4 Å². The number of rotatable bonds is 8. The molecule has 216 valence electrons. The van der Waals surface area contributed by atoms with Gasteiger partial charge in [0.05, 0.1) is 50.4 Å². The van der Waals surface area contributed by atoms with Crippen LogP contribution in [0.2, 0.25) is 0 Å². The predicted molar refractivity (Wildman–Crippen MR) is 159 cm³/mol. The number of pyridine rings is 1. The second kappa shape index (κ2) is 12.5. The van der Waals surface area contributed by atoms with Crippen molar-refractivity contribution >= 4 is 42.6 Å². The van der Waals surface area contributed by atoms with Gasteiger partial charge >= 0.3 is 0 Å². The van der Waals surface area contributed by atoms with Gasteiger partial charge in [-0.05, 0) is 42.8 Å². The summed E-state index contributed by atoms with van der Waals surface area (Å²) in [5.41, 5.74) is 2.15. The molecule has 1 aromatic heterocycles. The molecule has 0 aliphatic carbocycles. The SMILES string of the molecule is CCOc1cc2c(OCc3ccccc3)cc3c4cc(OC)c(OC)cc4c[n+](C)c3c2cc1OC.CS(=O)(=O)O. The van der Waals surface area contributed by atoms with Crippen LogP contribution in [0.3, 0.4) is 0 Å². The van der Waals surface area contributed by atoms with Crippen molar-refractivity contribution in [1.82, 2.24) is 0 Å². The average Bonchev–Trinajstić information content (AvgIpc) is 2.94. The molecule has 1 heterocycles. The lowest BCUT2D eigenvalue weighted by atomic mass is 9.99. The smallest absolute Gasteiger partial charge is 0.261 e. The Bertz CT molecular complexity index is 1800. The Labute approximate surface area is 239 Å². The van der Waals surface area contributed by atoms with Crippen molar-refractivity contribution in [3.05, 3.63) is 72.4 Å². The number of hydrogen-bond donors (Lipinski definition) is 1. The molecule has 4 aromatic carbocycles. The van der Waals surface area contributed by atoms with Crippen molar-refractivity contribution in [1.29, 1.82) is 0 Å². The fourth-order valence-corrected chi connectivity index (χ4v) is 4.76. The summed E-state index contributed by atoms with van der Waals surface area (Å²) in [5.74, 6) is 3.50. The molecule has 5 aromatic rings. The van der Waals surface area contributed by atoms with Gasteiger partial charge in [0, 0.05) is 10.8 Å². The lowest BCUT2D eigenvalue weighted by Crippen LogP contribution is -2.28. The Hall–Kier alpha value is -4.28. The van der Waals surface area contributed by atoms with E-state index in [1.165, 1.54) is 0 Å². The molecule has 0 atom stereocenters. The molecule has 0 spiro atoms. The summed E-state index contributed by atoms with van der Waals surface area (Å²) in [6.07, 6.45) is 2.82. The predicted octanol–water partition coefficient (Wildman–Crippen LogP) is 5.48. The van der Waals surface area contributed by atoms with Crippen LogP contribution in [-0.4, -0.2) is 47.2 Å². The zero-order chi connectivity index (χ0) is 29.7. The Morgan fingerprint density at radius 1 is 0.732 bits per heavy atom. The Morgan fingerprint density at radius 2 is 1.24 bits per heavy atom. The Kier molecular flexibility index (Phi) is 9.05. The van der Waals surface area contributed by atoms with Gasteiger partial charge < -0.3 is 23.7 Å². The summed E-state index contributed by atoms with van der Waals surface area (Å²) in [6.45, 7) is 2.95. The third-order valence-corrected chi connectivity index (χ3v) is 6.42. The zero-order valence-electron chi connectivity index (χ0n) is 23.9. The standard InChI is InChI=1S/C30H30NO5.CH4O3S/c1-6-35-29-14-22-24(16-28(29)34-5)30-23(15-25(22)36-18-19-10-8-7-9-11-19)21-13-27(33-4)26(32-3)12-20(21)17-31(30)2;1-5(2,3)4/h7-17H,6,18H2,1-5H3;1H3,(H,2,3,4)/q+1;. The van der Waals surface area contributed by atoms with Crippen LogP contribution >= 0.6 is 0 Å². The minimum absolute atomic E-state index is 0.450. The molecule has 0 bridgehead atoms. The molecular formula is C31H34NO8S+. The van der Waals surface area contributed by atoms with Crippen LogP contribution in [-0.2, 0) is 23.8 Å². The van der Waals surface area contributed by atoms with Crippen LogP contribution in [0.4, 0.5) is 0 Å². The monoisotopic (exact) mass is 580 g/mol. The largest absolute Gasteiger partial charge is 0.493 e. The molecule has 1 N–H and O–H groups in total. The molecule has 9 nitrogen and oxygen atoms in total. The van der Waals surface area contributed by atoms with Crippen LogP contribution in [0.15, 0.2) is 66.9 Å². The summed E-state index contributed by atoms with van der Waals surface area (Å²) >= 11 is 0. The van der Waals surface area contributed by atoms with E-state index in [0.29, 0.717) is 42.5 Å². The Morgan fingerprint density at radius 3 is 1.85 bits per heavy atom. The molecular weight excluding hydrogens is 546 g/mol. The maximum atomic E-state index is 9.19. The van der Waals surface area contributed by atoms with Gasteiger partial charge in [-0.3, -0.25) is 4.55 Å². The third kappa shape index (κ3) is 6.72. The van der Waals surface area contributed by atoms with Gasteiger partial charge in [-0.15, -0.1) is 0 Å². The summed E-state index contributed by atoms with van der Waals surface area (Å²) < 4.78 is 57.2. The van der Waals surface area contributed by atoms with E-state index in [2.05, 4.69) is 29.0 Å². The van der Waals surface area contributed by atoms with Gasteiger partial charge in [-0.1, -0.05) is 30.3 Å². The highest BCUT2D eigenvalue weighted by Gasteiger charge is 2.22. The molecule has 5 rings (SSSR count). The molecule has 0 saturated heterocycles. The fraction of sp³-hybridized carbons (Fsp3) is 0.258. The van der Waals surface area contributed by atoms with Crippen molar-refractivity contribution in [3.8, 4) is 28.7 Å². The van der Waals surface area contributed by atoms with Crippen molar-refractivity contribution in [3.63, 3.8) is 0 Å². The second-order valence-electron chi connectivity index (χ2n) is 9.29. The fourth-order valence-electron chi connectivity index (χ4n) is 4.76. The first kappa shape index (κ1) is 29.7. The number of benzene rings is 4. The first-order chi connectivity index (χ1) is 19.6. The topological polar surface area (TPSA) is 104 Å². The highest BCUT2D eigenvalue weighted by atomic mass is 32.2. The van der Waals surface area contributed by atoms with Gasteiger partial charge in [-0.25, -0.2) is 0 Å². The van der Waals surface area contributed by atoms with Gasteiger partial charge in [-0.2, -0.15) is 13.0 Å². The molecule has 41 heavy (non-hydrogen) atoms. The molecule has 10 heteroatoms. The van der Waals surface area contributed by atoms with Gasteiger partial charge in [0.2, 0.25) is 5.52 Å². The maximum absolute atomic E-state index is 9.19. The summed E-state index contributed by atoms with van der Waals surface area (Å²) in [7, 11) is 3.34.